The van der Waals surface area contributed by atoms with Crippen LogP contribution in [-0.2, 0) is 0 Å². The first-order chi connectivity index (χ1) is 25.6. The Morgan fingerprint density at radius 1 is 0.327 bits per heavy atom. The maximum atomic E-state index is 5.88. The van der Waals surface area contributed by atoms with Crippen LogP contribution >= 0.6 is 0 Å². The van der Waals surface area contributed by atoms with Gasteiger partial charge in [-0.25, -0.2) is 19.9 Å². The molecule has 0 saturated carbocycles. The van der Waals surface area contributed by atoms with E-state index in [0.29, 0.717) is 23.3 Å². The summed E-state index contributed by atoms with van der Waals surface area (Å²) in [5.41, 5.74) is 7.80. The van der Waals surface area contributed by atoms with Crippen molar-refractivity contribution in [3.63, 3.8) is 0 Å². The molecule has 4 heterocycles. The van der Waals surface area contributed by atoms with Crippen LogP contribution in [0.15, 0.2) is 155 Å². The van der Waals surface area contributed by atoms with Gasteiger partial charge < -0.3 is 8.83 Å². The minimum absolute atomic E-state index is 0.612. The van der Waals surface area contributed by atoms with Crippen molar-refractivity contribution in [1.82, 2.24) is 19.9 Å². The molecule has 0 aliphatic heterocycles. The molecule has 0 bridgehead atoms. The van der Waals surface area contributed by atoms with Crippen LogP contribution in [0.1, 0.15) is 11.8 Å². The van der Waals surface area contributed by atoms with E-state index in [9.17, 15) is 0 Å². The summed E-state index contributed by atoms with van der Waals surface area (Å²) in [6.45, 7) is 3.69. The molecular formula is C46H30N4O2. The molecule has 52 heavy (non-hydrogen) atoms. The monoisotopic (exact) mass is 670 g/mol. The molecule has 0 aliphatic carbocycles. The topological polar surface area (TPSA) is 77.8 Å². The zero-order valence-electron chi connectivity index (χ0n) is 28.5. The Kier molecular flexibility index (Phi) is 6.83. The second-order valence-electron chi connectivity index (χ2n) is 13.0. The fourth-order valence-corrected chi connectivity index (χ4v) is 7.73. The van der Waals surface area contributed by atoms with E-state index in [1.165, 1.54) is 11.1 Å². The van der Waals surface area contributed by atoms with E-state index in [4.69, 9.17) is 18.8 Å². The molecule has 4 aromatic heterocycles. The first-order valence-electron chi connectivity index (χ1n) is 17.3. The molecular weight excluding hydrogens is 641 g/mol. The van der Waals surface area contributed by atoms with Gasteiger partial charge in [0.1, 0.15) is 11.4 Å². The summed E-state index contributed by atoms with van der Waals surface area (Å²) in [4.78, 5) is 18.9. The van der Waals surface area contributed by atoms with Crippen LogP contribution in [0.3, 0.4) is 0 Å². The number of aromatic nitrogens is 4. The number of nitrogens with zero attached hydrogens (tertiary/aromatic N) is 4. The van der Waals surface area contributed by atoms with Gasteiger partial charge in [-0.1, -0.05) is 109 Å². The smallest absolute Gasteiger partial charge is 0.191 e. The average Bonchev–Trinajstić information content (AvgIpc) is 3.84. The molecule has 0 amide bonds. The van der Waals surface area contributed by atoms with Gasteiger partial charge in [0.15, 0.2) is 23.3 Å². The highest BCUT2D eigenvalue weighted by atomic mass is 16.4. The summed E-state index contributed by atoms with van der Waals surface area (Å²) in [6.07, 6.45) is 3.48. The Morgan fingerprint density at radius 2 is 0.615 bits per heavy atom. The van der Waals surface area contributed by atoms with Gasteiger partial charge in [-0.3, -0.25) is 0 Å². The Hall–Kier alpha value is -6.92. The summed E-state index contributed by atoms with van der Waals surface area (Å²) in [7, 11) is 0. The van der Waals surface area contributed by atoms with E-state index in [1.807, 2.05) is 38.1 Å². The van der Waals surface area contributed by atoms with Gasteiger partial charge >= 0.3 is 0 Å². The minimum atomic E-state index is 0.612. The Morgan fingerprint density at radius 3 is 0.904 bits per heavy atom. The number of hydrogen-bond donors (Lipinski definition) is 0. The van der Waals surface area contributed by atoms with Crippen molar-refractivity contribution >= 4 is 43.1 Å². The van der Waals surface area contributed by atoms with Crippen molar-refractivity contribution in [3.8, 4) is 56.6 Å². The van der Waals surface area contributed by atoms with Gasteiger partial charge in [-0.05, 0) is 78.5 Å². The predicted molar refractivity (Wildman–Crippen MR) is 209 cm³/mol. The fourth-order valence-electron chi connectivity index (χ4n) is 7.73. The second kappa shape index (κ2) is 11.9. The molecule has 0 aliphatic rings. The van der Waals surface area contributed by atoms with Crippen LogP contribution in [0.4, 0.5) is 0 Å². The van der Waals surface area contributed by atoms with Gasteiger partial charge in [-0.2, -0.15) is 0 Å². The van der Waals surface area contributed by atoms with Crippen molar-refractivity contribution < 1.29 is 8.83 Å². The third kappa shape index (κ3) is 4.72. The van der Waals surface area contributed by atoms with Gasteiger partial charge in [0.05, 0.1) is 23.8 Å². The molecule has 0 radical (unpaired) electrons. The van der Waals surface area contributed by atoms with Crippen molar-refractivity contribution in [1.29, 1.82) is 0 Å². The normalized spacial score (nSPS) is 11.7. The molecule has 0 N–H and O–H groups in total. The van der Waals surface area contributed by atoms with Crippen molar-refractivity contribution in [3.05, 3.63) is 158 Å². The third-order valence-electron chi connectivity index (χ3n) is 9.87. The predicted octanol–water partition coefficient (Wildman–Crippen LogP) is 12.0. The minimum Gasteiger partial charge on any atom is -0.439 e. The number of oxazole rings is 2. The molecule has 0 fully saturated rings. The first-order valence-corrected chi connectivity index (χ1v) is 17.3. The molecule has 0 atom stereocenters. The highest BCUT2D eigenvalue weighted by molar-refractivity contribution is 6.29. The van der Waals surface area contributed by atoms with Crippen LogP contribution in [0.2, 0.25) is 0 Å². The lowest BCUT2D eigenvalue weighted by atomic mass is 9.82. The summed E-state index contributed by atoms with van der Waals surface area (Å²) >= 11 is 0. The van der Waals surface area contributed by atoms with Crippen LogP contribution in [0.5, 0.6) is 0 Å². The van der Waals surface area contributed by atoms with Gasteiger partial charge in [0.25, 0.3) is 0 Å². The molecule has 10 rings (SSSR count). The van der Waals surface area contributed by atoms with Gasteiger partial charge in [0.2, 0.25) is 0 Å². The number of pyridine rings is 2. The molecule has 246 valence electrons. The lowest BCUT2D eigenvalue weighted by Gasteiger charge is -2.22. The van der Waals surface area contributed by atoms with Crippen LogP contribution in [-0.4, -0.2) is 19.9 Å². The highest BCUT2D eigenvalue weighted by Gasteiger charge is 2.23. The maximum Gasteiger partial charge on any atom is 0.191 e. The lowest BCUT2D eigenvalue weighted by molar-refractivity contribution is 0.532. The SMILES string of the molecule is Cc1ncc(-c2cccc(-c3c4ccccc4c(-c4c5ccccc5c(-c5cccc(-c6cnc(C)o6)n5)c5ccccc45)c4ccccc34)n2)o1. The zero-order chi connectivity index (χ0) is 34.8. The Labute approximate surface area is 299 Å². The van der Waals surface area contributed by atoms with E-state index in [0.717, 1.165) is 77.0 Å². The molecule has 0 saturated heterocycles. The first kappa shape index (κ1) is 29.9. The average molecular weight is 671 g/mol. The van der Waals surface area contributed by atoms with E-state index >= 15 is 0 Å². The standard InChI is InChI=1S/C46H30N4O2/c1-27-47-25-41(51-27)37-21-11-23-39(49-37)43-29-13-3-7-17-33(29)45(34-18-8-4-14-30(34)43)46-35-19-9-5-15-31(35)44(32-16-6-10-20-36(32)46)40-24-12-22-38(50-40)42-26-48-28(2)52-42/h3-26H,1-2H3. The molecule has 6 heteroatoms. The third-order valence-corrected chi connectivity index (χ3v) is 9.87. The zero-order valence-corrected chi connectivity index (χ0v) is 28.5. The van der Waals surface area contributed by atoms with E-state index in [-0.39, 0.29) is 0 Å². The number of benzene rings is 6. The summed E-state index contributed by atoms with van der Waals surface area (Å²) in [5, 5.41) is 9.13. The summed E-state index contributed by atoms with van der Waals surface area (Å²) in [5.74, 6) is 2.53. The van der Waals surface area contributed by atoms with Crippen LogP contribution in [0, 0.1) is 13.8 Å². The molecule has 6 nitrogen and oxygen atoms in total. The van der Waals surface area contributed by atoms with Crippen molar-refractivity contribution in [2.45, 2.75) is 13.8 Å². The molecule has 10 aromatic rings. The van der Waals surface area contributed by atoms with E-state index in [1.54, 1.807) is 12.4 Å². The summed E-state index contributed by atoms with van der Waals surface area (Å²) in [6, 6.07) is 47.0. The quantitative estimate of drug-likeness (QED) is 0.170. The number of rotatable bonds is 5. The number of aryl methyl sites for hydroxylation is 2. The van der Waals surface area contributed by atoms with E-state index in [2.05, 4.69) is 119 Å². The number of hydrogen-bond acceptors (Lipinski definition) is 6. The van der Waals surface area contributed by atoms with Crippen molar-refractivity contribution in [2.24, 2.45) is 0 Å². The van der Waals surface area contributed by atoms with E-state index < -0.39 is 0 Å². The molecule has 0 unspecified atom stereocenters. The van der Waals surface area contributed by atoms with Crippen LogP contribution in [0.25, 0.3) is 99.6 Å². The molecule has 6 aromatic carbocycles. The van der Waals surface area contributed by atoms with Crippen molar-refractivity contribution in [2.75, 3.05) is 0 Å². The van der Waals surface area contributed by atoms with Crippen LogP contribution < -0.4 is 0 Å². The highest BCUT2D eigenvalue weighted by Crippen LogP contribution is 2.49. The Balaban J connectivity index is 1.29. The van der Waals surface area contributed by atoms with Gasteiger partial charge in [-0.15, -0.1) is 0 Å². The van der Waals surface area contributed by atoms with Gasteiger partial charge in [0, 0.05) is 25.0 Å². The fraction of sp³-hybridized carbons (Fsp3) is 0.0435. The second-order valence-corrected chi connectivity index (χ2v) is 13.0. The Bertz CT molecular complexity index is 2690. The number of fused-ring (bicyclic) bond motifs is 4. The maximum absolute atomic E-state index is 5.88. The summed E-state index contributed by atoms with van der Waals surface area (Å²) < 4.78 is 11.8. The lowest BCUT2D eigenvalue weighted by Crippen LogP contribution is -1.96. The molecule has 0 spiro atoms. The largest absolute Gasteiger partial charge is 0.439 e.